The number of oxime groups is 1. The van der Waals surface area contributed by atoms with E-state index in [0.717, 1.165) is 5.56 Å². The smallest absolute Gasteiger partial charge is 0.271 e. The molecule has 0 unspecified atom stereocenters. The molecule has 0 aliphatic heterocycles. The maximum atomic E-state index is 12.0. The lowest BCUT2D eigenvalue weighted by molar-refractivity contribution is -0.112. The average Bonchev–Trinajstić information content (AvgIpc) is 2.59. The third-order valence-electron chi connectivity index (χ3n) is 3.78. The Morgan fingerprint density at radius 3 is 2.52 bits per heavy atom. The Bertz CT molecular complexity index is 862. The number of benzene rings is 1. The van der Waals surface area contributed by atoms with E-state index in [4.69, 9.17) is 15.3 Å². The van der Waals surface area contributed by atoms with E-state index in [1.807, 2.05) is 24.3 Å². The Labute approximate surface area is 159 Å². The zero-order chi connectivity index (χ0) is 20.1. The van der Waals surface area contributed by atoms with Crippen molar-refractivity contribution in [2.24, 2.45) is 10.9 Å². The number of primary amides is 1. The Balaban J connectivity index is 2.66. The Kier molecular flexibility index (Phi) is 6.33. The van der Waals surface area contributed by atoms with Crippen LogP contribution in [0.3, 0.4) is 0 Å². The predicted octanol–water partition coefficient (Wildman–Crippen LogP) is 2.60. The Hall–Kier alpha value is -3.16. The fourth-order valence-electron chi connectivity index (χ4n) is 2.49. The third-order valence-corrected chi connectivity index (χ3v) is 3.78. The van der Waals surface area contributed by atoms with Crippen LogP contribution in [0.2, 0.25) is 0 Å². The minimum absolute atomic E-state index is 0.115. The van der Waals surface area contributed by atoms with Crippen molar-refractivity contribution in [2.75, 3.05) is 26.1 Å². The molecule has 0 aliphatic rings. The molecule has 2 rings (SSSR count). The van der Waals surface area contributed by atoms with Crippen LogP contribution in [0.4, 0.5) is 5.82 Å². The van der Waals surface area contributed by atoms with Crippen LogP contribution in [0, 0.1) is 6.92 Å². The quantitative estimate of drug-likeness (QED) is 0.593. The topological polar surface area (TPSA) is 103 Å². The number of carbonyl (C=O) groups is 1. The number of aromatic nitrogens is 2. The summed E-state index contributed by atoms with van der Waals surface area (Å²) in [5, 5.41) is 3.77. The van der Waals surface area contributed by atoms with Crippen molar-refractivity contribution in [3.8, 4) is 11.6 Å². The first-order valence-electron chi connectivity index (χ1n) is 8.49. The fraction of sp³-hybridized carbons (Fsp3) is 0.368. The highest BCUT2D eigenvalue weighted by atomic mass is 16.6. The molecule has 1 heterocycles. The van der Waals surface area contributed by atoms with Gasteiger partial charge in [-0.05, 0) is 30.5 Å². The molecule has 0 atom stereocenters. The zero-order valence-corrected chi connectivity index (χ0v) is 16.5. The summed E-state index contributed by atoms with van der Waals surface area (Å²) in [6.45, 7) is 5.94. The van der Waals surface area contributed by atoms with E-state index < -0.39 is 5.91 Å². The molecule has 2 aromatic rings. The standard InChI is InChI=1S/C19H25N5O3/c1-11(2)13-8-7-9-14(10-13)27-19-15(16(17(20)25)23-26-6)18(24(4)5)21-12(3)22-19/h7-11H,1-6H3,(H2,20,25). The lowest BCUT2D eigenvalue weighted by atomic mass is 10.0. The lowest BCUT2D eigenvalue weighted by Gasteiger charge is -2.19. The number of nitrogens with zero attached hydrogens (tertiary/aromatic N) is 4. The average molecular weight is 371 g/mol. The second-order valence-corrected chi connectivity index (χ2v) is 6.48. The molecular formula is C19H25N5O3. The van der Waals surface area contributed by atoms with Gasteiger partial charge in [0.25, 0.3) is 5.91 Å². The second kappa shape index (κ2) is 8.48. The number of hydrogen-bond donors (Lipinski definition) is 1. The van der Waals surface area contributed by atoms with Crippen LogP contribution in [0.15, 0.2) is 29.4 Å². The maximum Gasteiger partial charge on any atom is 0.271 e. The van der Waals surface area contributed by atoms with Crippen molar-refractivity contribution >= 4 is 17.4 Å². The molecule has 0 aliphatic carbocycles. The molecule has 0 radical (unpaired) electrons. The van der Waals surface area contributed by atoms with Crippen molar-refractivity contribution in [3.05, 3.63) is 41.2 Å². The summed E-state index contributed by atoms with van der Waals surface area (Å²) in [7, 11) is 4.92. The fourth-order valence-corrected chi connectivity index (χ4v) is 2.49. The van der Waals surface area contributed by atoms with Crippen molar-refractivity contribution in [2.45, 2.75) is 26.7 Å². The number of rotatable bonds is 7. The summed E-state index contributed by atoms with van der Waals surface area (Å²) >= 11 is 0. The predicted molar refractivity (Wildman–Crippen MR) is 104 cm³/mol. The van der Waals surface area contributed by atoms with Crippen LogP contribution >= 0.6 is 0 Å². The lowest BCUT2D eigenvalue weighted by Crippen LogP contribution is -2.28. The molecule has 144 valence electrons. The third kappa shape index (κ3) is 4.72. The largest absolute Gasteiger partial charge is 0.438 e. The molecule has 0 spiro atoms. The maximum absolute atomic E-state index is 12.0. The van der Waals surface area contributed by atoms with Gasteiger partial charge in [-0.2, -0.15) is 4.98 Å². The molecule has 1 aromatic heterocycles. The van der Waals surface area contributed by atoms with Crippen LogP contribution in [0.25, 0.3) is 0 Å². The molecule has 1 aromatic carbocycles. The molecule has 8 nitrogen and oxygen atoms in total. The van der Waals surface area contributed by atoms with Crippen LogP contribution in [0.5, 0.6) is 11.6 Å². The van der Waals surface area contributed by atoms with Gasteiger partial charge < -0.3 is 20.2 Å². The van der Waals surface area contributed by atoms with E-state index in [2.05, 4.69) is 29.0 Å². The zero-order valence-electron chi connectivity index (χ0n) is 16.5. The summed E-state index contributed by atoms with van der Waals surface area (Å²) in [6, 6.07) is 7.68. The number of amides is 1. The summed E-state index contributed by atoms with van der Waals surface area (Å²) in [6.07, 6.45) is 0. The molecule has 8 heteroatoms. The molecular weight excluding hydrogens is 346 g/mol. The van der Waals surface area contributed by atoms with Gasteiger partial charge in [0.2, 0.25) is 5.88 Å². The van der Waals surface area contributed by atoms with Crippen molar-refractivity contribution in [1.82, 2.24) is 9.97 Å². The first-order chi connectivity index (χ1) is 12.7. The highest BCUT2D eigenvalue weighted by Crippen LogP contribution is 2.31. The SMILES string of the molecule is CON=C(C(N)=O)c1c(Oc2cccc(C(C)C)c2)nc(C)nc1N(C)C. The molecule has 1 amide bonds. The first kappa shape index (κ1) is 20.2. The van der Waals surface area contributed by atoms with Crippen LogP contribution in [0.1, 0.15) is 36.7 Å². The highest BCUT2D eigenvalue weighted by molar-refractivity contribution is 6.46. The minimum Gasteiger partial charge on any atom is -0.438 e. The summed E-state index contributed by atoms with van der Waals surface area (Å²) in [4.78, 5) is 27.3. The van der Waals surface area contributed by atoms with Crippen LogP contribution < -0.4 is 15.4 Å². The van der Waals surface area contributed by atoms with Gasteiger partial charge in [0.15, 0.2) is 5.71 Å². The van der Waals surface area contributed by atoms with E-state index >= 15 is 0 Å². The van der Waals surface area contributed by atoms with Crippen molar-refractivity contribution in [1.29, 1.82) is 0 Å². The number of nitrogens with two attached hydrogens (primary N) is 1. The summed E-state index contributed by atoms with van der Waals surface area (Å²) in [5.41, 5.74) is 6.79. The van der Waals surface area contributed by atoms with E-state index in [0.29, 0.717) is 23.3 Å². The number of carbonyl (C=O) groups excluding carboxylic acids is 1. The van der Waals surface area contributed by atoms with E-state index in [9.17, 15) is 4.79 Å². The monoisotopic (exact) mass is 371 g/mol. The highest BCUT2D eigenvalue weighted by Gasteiger charge is 2.26. The van der Waals surface area contributed by atoms with E-state index in [1.54, 1.807) is 25.9 Å². The van der Waals surface area contributed by atoms with E-state index in [-0.39, 0.29) is 17.2 Å². The summed E-state index contributed by atoms with van der Waals surface area (Å²) in [5.74, 6) is 1.28. The van der Waals surface area contributed by atoms with Gasteiger partial charge in [-0.15, -0.1) is 0 Å². The normalized spacial score (nSPS) is 11.4. The van der Waals surface area contributed by atoms with Gasteiger partial charge in [-0.1, -0.05) is 31.1 Å². The molecule has 0 bridgehead atoms. The molecule has 0 saturated heterocycles. The number of hydrogen-bond acceptors (Lipinski definition) is 7. The van der Waals surface area contributed by atoms with Crippen LogP contribution in [-0.4, -0.2) is 42.8 Å². The van der Waals surface area contributed by atoms with Gasteiger partial charge in [0.05, 0.1) is 0 Å². The Morgan fingerprint density at radius 1 is 1.26 bits per heavy atom. The molecule has 27 heavy (non-hydrogen) atoms. The van der Waals surface area contributed by atoms with Gasteiger partial charge in [-0.3, -0.25) is 4.79 Å². The van der Waals surface area contributed by atoms with Gasteiger partial charge in [-0.25, -0.2) is 4.98 Å². The van der Waals surface area contributed by atoms with Gasteiger partial charge >= 0.3 is 0 Å². The second-order valence-electron chi connectivity index (χ2n) is 6.48. The first-order valence-corrected chi connectivity index (χ1v) is 8.49. The van der Waals surface area contributed by atoms with Crippen LogP contribution in [-0.2, 0) is 9.63 Å². The minimum atomic E-state index is -0.770. The van der Waals surface area contributed by atoms with Gasteiger partial charge in [0, 0.05) is 14.1 Å². The van der Waals surface area contributed by atoms with Crippen molar-refractivity contribution in [3.63, 3.8) is 0 Å². The summed E-state index contributed by atoms with van der Waals surface area (Å²) < 4.78 is 6.03. The van der Waals surface area contributed by atoms with Gasteiger partial charge in [0.1, 0.15) is 30.1 Å². The number of ether oxygens (including phenoxy) is 1. The molecule has 2 N–H and O–H groups in total. The van der Waals surface area contributed by atoms with Crippen molar-refractivity contribution < 1.29 is 14.4 Å². The Morgan fingerprint density at radius 2 is 1.96 bits per heavy atom. The number of aryl methyl sites for hydroxylation is 1. The van der Waals surface area contributed by atoms with E-state index in [1.165, 1.54) is 7.11 Å². The molecule has 0 saturated carbocycles. The molecule has 0 fully saturated rings. The number of anilines is 1.